The molecule has 0 heterocycles. The summed E-state index contributed by atoms with van der Waals surface area (Å²) in [5, 5.41) is 78.1. The van der Waals surface area contributed by atoms with Crippen LogP contribution in [0.25, 0.3) is 0 Å². The normalized spacial score (nSPS) is 9.96. The molecule has 0 saturated carbocycles. The predicted octanol–water partition coefficient (Wildman–Crippen LogP) is -3.20. The van der Waals surface area contributed by atoms with Crippen LogP contribution in [0.1, 0.15) is 47.0 Å². The Labute approximate surface area is 268 Å². The summed E-state index contributed by atoms with van der Waals surface area (Å²) in [7, 11) is 0. The molecule has 23 nitrogen and oxygen atoms in total. The van der Waals surface area contributed by atoms with E-state index in [2.05, 4.69) is 5.32 Å². The van der Waals surface area contributed by atoms with Crippen molar-refractivity contribution in [1.29, 1.82) is 0 Å². The highest BCUT2D eigenvalue weighted by Gasteiger charge is 2.49. The summed E-state index contributed by atoms with van der Waals surface area (Å²) in [5.41, 5.74) is 13.0. The van der Waals surface area contributed by atoms with Gasteiger partial charge in [-0.2, -0.15) is 0 Å². The van der Waals surface area contributed by atoms with Crippen LogP contribution in [0.3, 0.4) is 0 Å². The molecule has 0 rings (SSSR count). The van der Waals surface area contributed by atoms with Gasteiger partial charge < -0.3 is 68.5 Å². The summed E-state index contributed by atoms with van der Waals surface area (Å²) in [6.45, 7) is 3.47. The van der Waals surface area contributed by atoms with E-state index in [4.69, 9.17) is 72.1 Å². The lowest BCUT2D eigenvalue weighted by atomic mass is 9.79. The molecule has 0 bridgehead atoms. The van der Waals surface area contributed by atoms with Gasteiger partial charge in [0.25, 0.3) is 23.9 Å². The number of carboxylic acids is 9. The molecule has 0 aliphatic carbocycles. The number of hydrogen-bond acceptors (Lipinski definition) is 14. The van der Waals surface area contributed by atoms with Crippen molar-refractivity contribution < 1.29 is 89.1 Å². The van der Waals surface area contributed by atoms with E-state index < -0.39 is 97.7 Å². The first-order chi connectivity index (χ1) is 21.3. The van der Waals surface area contributed by atoms with Crippen LogP contribution in [0.5, 0.6) is 0 Å². The maximum Gasteiger partial charge on any atom is 0.317 e. The van der Waals surface area contributed by atoms with Gasteiger partial charge in [-0.05, 0) is 0 Å². The average Bonchev–Trinajstić information content (AvgIpc) is 2.83. The number of carbonyl (C=O) groups is 9. The van der Waals surface area contributed by atoms with Crippen LogP contribution in [0, 0.1) is 0 Å². The van der Waals surface area contributed by atoms with Crippen LogP contribution in [0.4, 0.5) is 0 Å². The fourth-order valence-corrected chi connectivity index (χ4v) is 2.86. The minimum absolute atomic E-state index is 0.00972. The van der Waals surface area contributed by atoms with E-state index >= 15 is 0 Å². The smallest absolute Gasteiger partial charge is 0.317 e. The number of nitrogens with zero attached hydrogens (tertiary/aromatic N) is 1. The molecular formula is C24H47N5O18. The quantitative estimate of drug-likeness (QED) is 0.0756. The lowest BCUT2D eigenvalue weighted by Crippen LogP contribution is -2.65. The Morgan fingerprint density at radius 1 is 0.532 bits per heavy atom. The zero-order valence-electron chi connectivity index (χ0n) is 26.3. The third-order valence-corrected chi connectivity index (χ3v) is 3.93. The molecule has 0 radical (unpaired) electrons. The maximum atomic E-state index is 11.4. The van der Waals surface area contributed by atoms with Crippen molar-refractivity contribution >= 4 is 53.7 Å². The van der Waals surface area contributed by atoms with E-state index in [1.165, 1.54) is 0 Å². The van der Waals surface area contributed by atoms with Crippen molar-refractivity contribution in [2.45, 2.75) is 58.5 Å². The number of hydrogen-bond donors (Lipinski definition) is 13. The van der Waals surface area contributed by atoms with E-state index in [1.54, 1.807) is 0 Å². The predicted molar refractivity (Wildman–Crippen MR) is 159 cm³/mol. The van der Waals surface area contributed by atoms with Crippen molar-refractivity contribution in [3.8, 4) is 0 Å². The van der Waals surface area contributed by atoms with Crippen molar-refractivity contribution in [2.75, 3.05) is 39.3 Å². The minimum Gasteiger partial charge on any atom is -0.481 e. The molecule has 16 N–H and O–H groups in total. The number of aliphatic carboxylic acids is 9. The summed E-state index contributed by atoms with van der Waals surface area (Å²) in [6, 6.07) is -1.40. The number of nitrogens with two attached hydrogens (primary N) is 3. The Bertz CT molecular complexity index is 878. The molecule has 0 spiro atoms. The zero-order chi connectivity index (χ0) is 38.9. The van der Waals surface area contributed by atoms with Gasteiger partial charge >= 0.3 is 29.8 Å². The summed E-state index contributed by atoms with van der Waals surface area (Å²) >= 11 is 0. The molecule has 0 amide bonds. The van der Waals surface area contributed by atoms with E-state index in [0.717, 1.165) is 27.7 Å². The van der Waals surface area contributed by atoms with Gasteiger partial charge in [0.05, 0.1) is 37.9 Å². The van der Waals surface area contributed by atoms with E-state index in [9.17, 15) is 34.2 Å². The molecule has 0 aromatic heterocycles. The Morgan fingerprint density at radius 2 is 0.809 bits per heavy atom. The Kier molecular flexibility index (Phi) is 39.3. The average molecular weight is 694 g/mol. The van der Waals surface area contributed by atoms with Gasteiger partial charge in [-0.15, -0.1) is 0 Å². The number of carboxylic acid groups (broad SMARTS) is 9. The molecule has 47 heavy (non-hydrogen) atoms. The van der Waals surface area contributed by atoms with Crippen molar-refractivity contribution in [1.82, 2.24) is 10.2 Å². The topological polar surface area (TPSA) is 429 Å². The monoisotopic (exact) mass is 693 g/mol. The van der Waals surface area contributed by atoms with Gasteiger partial charge in [-0.25, -0.2) is 0 Å². The largest absolute Gasteiger partial charge is 0.481 e. The van der Waals surface area contributed by atoms with Gasteiger partial charge in [0.15, 0.2) is 0 Å². The van der Waals surface area contributed by atoms with Crippen molar-refractivity contribution in [3.05, 3.63) is 0 Å². The number of nitrogens with one attached hydrogen (secondary N) is 1. The maximum absolute atomic E-state index is 11.4. The molecule has 0 fully saturated rings. The van der Waals surface area contributed by atoms with E-state index in [0.29, 0.717) is 18.0 Å². The molecule has 0 aliphatic heterocycles. The SMILES string of the molecule is CC(=O)O.CC(=O)O.CC(=O)O.CC(=O)O.NCCN.NCCNC(CC(=O)O)C(CC(=O)O)(CC(=O)O)N(CC(=O)O)CC(=O)O. The van der Waals surface area contributed by atoms with Crippen LogP contribution >= 0.6 is 0 Å². The van der Waals surface area contributed by atoms with Crippen LogP contribution in [-0.4, -0.2) is 155 Å². The highest BCUT2D eigenvalue weighted by molar-refractivity contribution is 5.77. The standard InChI is InChI=1S/C14H23N3O10.C2H8N2.4C2H4O2/c15-1-2-16-8(3-9(18)19)14(4-10(20)21,5-11(22)23)17(6-12(24)25)7-13(26)27;3-1-2-4;4*1-2(3)4/h8,16H,1-7,15H2,(H,18,19)(H,20,21)(H,22,23)(H,24,25)(H,26,27);1-4H2;4*1H3,(H,3,4). The fourth-order valence-electron chi connectivity index (χ4n) is 2.86. The van der Waals surface area contributed by atoms with Crippen LogP contribution in [0.2, 0.25) is 0 Å². The second kappa shape index (κ2) is 33.9. The Morgan fingerprint density at radius 3 is 0.979 bits per heavy atom. The van der Waals surface area contributed by atoms with Gasteiger partial charge in [-0.3, -0.25) is 48.1 Å². The van der Waals surface area contributed by atoms with Gasteiger partial charge in [-0.1, -0.05) is 0 Å². The molecular weight excluding hydrogens is 646 g/mol. The highest BCUT2D eigenvalue weighted by atomic mass is 16.4. The molecule has 1 unspecified atom stereocenters. The van der Waals surface area contributed by atoms with Gasteiger partial charge in [0.1, 0.15) is 0 Å². The zero-order valence-corrected chi connectivity index (χ0v) is 26.3. The van der Waals surface area contributed by atoms with Crippen LogP contribution < -0.4 is 22.5 Å². The molecule has 0 aromatic rings. The van der Waals surface area contributed by atoms with Crippen molar-refractivity contribution in [3.63, 3.8) is 0 Å². The lowest BCUT2D eigenvalue weighted by molar-refractivity contribution is -0.157. The molecule has 23 heteroatoms. The first-order valence-corrected chi connectivity index (χ1v) is 12.7. The minimum atomic E-state index is -2.15. The Hall–Kier alpha value is -4.97. The van der Waals surface area contributed by atoms with Crippen LogP contribution in [-0.2, 0) is 43.2 Å². The summed E-state index contributed by atoms with van der Waals surface area (Å²) in [4.78, 5) is 93.1. The first-order valence-electron chi connectivity index (χ1n) is 12.7. The molecule has 1 atom stereocenters. The van der Waals surface area contributed by atoms with Crippen molar-refractivity contribution in [2.24, 2.45) is 17.2 Å². The third kappa shape index (κ3) is 54.0. The molecule has 0 aromatic carbocycles. The second-order valence-corrected chi connectivity index (χ2v) is 8.43. The summed E-state index contributed by atoms with van der Waals surface area (Å²) in [6.07, 6.45) is -2.79. The Balaban J connectivity index is -0.000000169. The highest BCUT2D eigenvalue weighted by Crippen LogP contribution is 2.31. The summed E-state index contributed by atoms with van der Waals surface area (Å²) < 4.78 is 0. The van der Waals surface area contributed by atoms with Gasteiger partial charge in [0.2, 0.25) is 0 Å². The number of rotatable bonds is 16. The lowest BCUT2D eigenvalue weighted by Gasteiger charge is -2.46. The summed E-state index contributed by atoms with van der Waals surface area (Å²) in [5.74, 6) is -10.9. The van der Waals surface area contributed by atoms with Crippen LogP contribution in [0.15, 0.2) is 0 Å². The van der Waals surface area contributed by atoms with Gasteiger partial charge in [0, 0.05) is 59.9 Å². The molecule has 276 valence electrons. The second-order valence-electron chi connectivity index (χ2n) is 8.43. The van der Waals surface area contributed by atoms with E-state index in [1.807, 2.05) is 0 Å². The fraction of sp³-hybridized carbons (Fsp3) is 0.625. The third-order valence-electron chi connectivity index (χ3n) is 3.93. The first kappa shape index (κ1) is 54.5. The molecule has 0 saturated heterocycles. The van der Waals surface area contributed by atoms with E-state index in [-0.39, 0.29) is 13.1 Å². The molecule has 0 aliphatic rings.